The van der Waals surface area contributed by atoms with Crippen molar-refractivity contribution in [3.63, 3.8) is 0 Å². The van der Waals surface area contributed by atoms with E-state index in [0.29, 0.717) is 18.9 Å². The fourth-order valence-corrected chi connectivity index (χ4v) is 2.32. The van der Waals surface area contributed by atoms with Crippen LogP contribution in [0.25, 0.3) is 0 Å². The molecule has 2 N–H and O–H groups in total. The lowest BCUT2D eigenvalue weighted by Crippen LogP contribution is -1.98. The van der Waals surface area contributed by atoms with Crippen LogP contribution in [0.2, 0.25) is 0 Å². The van der Waals surface area contributed by atoms with Gasteiger partial charge in [0.1, 0.15) is 18.2 Å². The lowest BCUT2D eigenvalue weighted by molar-refractivity contribution is 0.305. The molecule has 0 spiro atoms. The van der Waals surface area contributed by atoms with E-state index in [1.807, 2.05) is 18.4 Å². The predicted molar refractivity (Wildman–Crippen MR) is 75.7 cm³/mol. The topological polar surface area (TPSA) is 35.2 Å². The molecule has 1 aromatic carbocycles. The van der Waals surface area contributed by atoms with E-state index >= 15 is 0 Å². The molecule has 0 aliphatic heterocycles. The van der Waals surface area contributed by atoms with Gasteiger partial charge < -0.3 is 10.5 Å². The van der Waals surface area contributed by atoms with Crippen molar-refractivity contribution in [2.45, 2.75) is 13.5 Å². The first-order valence-corrected chi connectivity index (χ1v) is 6.73. The van der Waals surface area contributed by atoms with Crippen LogP contribution >= 0.6 is 11.3 Å². The fraction of sp³-hybridized carbons (Fsp3) is 0.200. The summed E-state index contributed by atoms with van der Waals surface area (Å²) in [6.07, 6.45) is 0. The Hall–Kier alpha value is -1.83. The monoisotopic (exact) mass is 275 g/mol. The van der Waals surface area contributed by atoms with Crippen molar-refractivity contribution >= 4 is 11.3 Å². The molecule has 0 atom stereocenters. The summed E-state index contributed by atoms with van der Waals surface area (Å²) < 4.78 is 18.8. The van der Waals surface area contributed by atoms with E-state index in [4.69, 9.17) is 10.5 Å². The summed E-state index contributed by atoms with van der Waals surface area (Å²) in [5.74, 6) is 6.08. The van der Waals surface area contributed by atoms with Gasteiger partial charge in [0.15, 0.2) is 0 Å². The summed E-state index contributed by atoms with van der Waals surface area (Å²) in [5, 5.41) is 1.96. The van der Waals surface area contributed by atoms with E-state index in [1.165, 1.54) is 12.1 Å². The third kappa shape index (κ3) is 3.57. The molecule has 0 radical (unpaired) electrons. The highest BCUT2D eigenvalue weighted by Gasteiger charge is 2.06. The van der Waals surface area contributed by atoms with Gasteiger partial charge in [-0.2, -0.15) is 0 Å². The molecule has 2 nitrogen and oxygen atoms in total. The van der Waals surface area contributed by atoms with E-state index in [-0.39, 0.29) is 5.82 Å². The Balaban J connectivity index is 2.10. The number of hydrogen-bond acceptors (Lipinski definition) is 3. The lowest BCUT2D eigenvalue weighted by atomic mass is 10.2. The van der Waals surface area contributed by atoms with Gasteiger partial charge in [-0.05, 0) is 30.0 Å². The molecule has 0 saturated carbocycles. The minimum absolute atomic E-state index is 0.296. The highest BCUT2D eigenvalue weighted by molar-refractivity contribution is 7.10. The summed E-state index contributed by atoms with van der Waals surface area (Å²) in [6, 6.07) is 6.46. The van der Waals surface area contributed by atoms with Crippen LogP contribution < -0.4 is 10.5 Å². The van der Waals surface area contributed by atoms with Crippen molar-refractivity contribution in [3.8, 4) is 17.6 Å². The summed E-state index contributed by atoms with van der Waals surface area (Å²) in [5.41, 5.74) is 7.18. The molecular formula is C15H14FNOS. The van der Waals surface area contributed by atoms with Crippen molar-refractivity contribution < 1.29 is 9.13 Å². The van der Waals surface area contributed by atoms with Gasteiger partial charge >= 0.3 is 0 Å². The van der Waals surface area contributed by atoms with E-state index in [9.17, 15) is 4.39 Å². The second-order valence-electron chi connectivity index (χ2n) is 3.96. The van der Waals surface area contributed by atoms with E-state index in [0.717, 1.165) is 16.0 Å². The SMILES string of the molecule is Cc1ccc(F)cc1OCc1sccc1C#CCN. The van der Waals surface area contributed by atoms with Gasteiger partial charge in [-0.15, -0.1) is 11.3 Å². The Morgan fingerprint density at radius 3 is 3.00 bits per heavy atom. The number of nitrogens with two attached hydrogens (primary N) is 1. The first kappa shape index (κ1) is 13.6. The minimum Gasteiger partial charge on any atom is -0.488 e. The molecule has 2 aromatic rings. The third-order valence-corrected chi connectivity index (χ3v) is 3.47. The van der Waals surface area contributed by atoms with Crippen molar-refractivity contribution in [2.75, 3.05) is 6.54 Å². The average Bonchev–Trinajstić information content (AvgIpc) is 2.85. The van der Waals surface area contributed by atoms with Crippen molar-refractivity contribution in [3.05, 3.63) is 51.5 Å². The Labute approximate surface area is 116 Å². The number of ether oxygens (including phenoxy) is 1. The number of rotatable bonds is 3. The van der Waals surface area contributed by atoms with Crippen LogP contribution in [0, 0.1) is 24.6 Å². The van der Waals surface area contributed by atoms with E-state index < -0.39 is 0 Å². The maximum Gasteiger partial charge on any atom is 0.126 e. The van der Waals surface area contributed by atoms with Crippen LogP contribution in [0.3, 0.4) is 0 Å². The standard InChI is InChI=1S/C15H14FNOS/c1-11-4-5-13(16)9-14(11)18-10-15-12(3-2-7-17)6-8-19-15/h4-6,8-9H,7,10,17H2,1H3. The molecule has 1 aromatic heterocycles. The zero-order valence-corrected chi connectivity index (χ0v) is 11.4. The van der Waals surface area contributed by atoms with Crippen LogP contribution in [-0.2, 0) is 6.61 Å². The molecule has 0 aliphatic rings. The zero-order valence-electron chi connectivity index (χ0n) is 10.6. The highest BCUT2D eigenvalue weighted by Crippen LogP contribution is 2.22. The molecule has 2 rings (SSSR count). The summed E-state index contributed by atoms with van der Waals surface area (Å²) in [4.78, 5) is 1.02. The number of benzene rings is 1. The Morgan fingerprint density at radius 2 is 2.21 bits per heavy atom. The van der Waals surface area contributed by atoms with Gasteiger partial charge in [-0.1, -0.05) is 17.9 Å². The Morgan fingerprint density at radius 1 is 1.37 bits per heavy atom. The molecule has 4 heteroatoms. The summed E-state index contributed by atoms with van der Waals surface area (Å²) in [7, 11) is 0. The molecular weight excluding hydrogens is 261 g/mol. The van der Waals surface area contributed by atoms with Crippen LogP contribution in [0.4, 0.5) is 4.39 Å². The highest BCUT2D eigenvalue weighted by atomic mass is 32.1. The Kier molecular flexibility index (Phi) is 4.56. The van der Waals surface area contributed by atoms with Gasteiger partial charge in [0, 0.05) is 11.6 Å². The van der Waals surface area contributed by atoms with Crippen LogP contribution in [0.15, 0.2) is 29.6 Å². The molecule has 0 fully saturated rings. The molecule has 0 unspecified atom stereocenters. The fourth-order valence-electron chi connectivity index (χ4n) is 1.58. The molecule has 19 heavy (non-hydrogen) atoms. The van der Waals surface area contributed by atoms with Crippen LogP contribution in [-0.4, -0.2) is 6.54 Å². The van der Waals surface area contributed by atoms with Gasteiger partial charge in [0.05, 0.1) is 11.4 Å². The van der Waals surface area contributed by atoms with Gasteiger partial charge in [0.2, 0.25) is 0 Å². The van der Waals surface area contributed by atoms with Gasteiger partial charge in [-0.25, -0.2) is 4.39 Å². The minimum atomic E-state index is -0.296. The van der Waals surface area contributed by atoms with Gasteiger partial charge in [-0.3, -0.25) is 0 Å². The van der Waals surface area contributed by atoms with Crippen LogP contribution in [0.1, 0.15) is 16.0 Å². The molecule has 98 valence electrons. The van der Waals surface area contributed by atoms with Crippen molar-refractivity contribution in [2.24, 2.45) is 5.73 Å². The smallest absolute Gasteiger partial charge is 0.126 e. The summed E-state index contributed by atoms with van der Waals surface area (Å²) >= 11 is 1.57. The second kappa shape index (κ2) is 6.37. The van der Waals surface area contributed by atoms with E-state index in [1.54, 1.807) is 17.4 Å². The number of halogens is 1. The van der Waals surface area contributed by atoms with E-state index in [2.05, 4.69) is 11.8 Å². The second-order valence-corrected chi connectivity index (χ2v) is 4.96. The summed E-state index contributed by atoms with van der Waals surface area (Å²) in [6.45, 7) is 2.61. The first-order valence-electron chi connectivity index (χ1n) is 5.85. The maximum atomic E-state index is 13.1. The zero-order chi connectivity index (χ0) is 13.7. The maximum absolute atomic E-state index is 13.1. The molecule has 0 amide bonds. The molecule has 0 aliphatic carbocycles. The average molecular weight is 275 g/mol. The number of aryl methyl sites for hydroxylation is 1. The number of thiophene rings is 1. The lowest BCUT2D eigenvalue weighted by Gasteiger charge is -2.08. The normalized spacial score (nSPS) is 9.84. The quantitative estimate of drug-likeness (QED) is 0.874. The predicted octanol–water partition coefficient (Wildman–Crippen LogP) is 3.08. The molecule has 0 bridgehead atoms. The van der Waals surface area contributed by atoms with Crippen molar-refractivity contribution in [1.29, 1.82) is 0 Å². The first-order chi connectivity index (χ1) is 9.20. The molecule has 1 heterocycles. The van der Waals surface area contributed by atoms with Gasteiger partial charge in [0.25, 0.3) is 0 Å². The molecule has 0 saturated heterocycles. The van der Waals surface area contributed by atoms with Crippen LogP contribution in [0.5, 0.6) is 5.75 Å². The number of hydrogen-bond donors (Lipinski definition) is 1. The Bertz CT molecular complexity index is 625. The largest absolute Gasteiger partial charge is 0.488 e. The third-order valence-electron chi connectivity index (χ3n) is 2.58. The van der Waals surface area contributed by atoms with Crippen molar-refractivity contribution in [1.82, 2.24) is 0 Å².